The van der Waals surface area contributed by atoms with Crippen LogP contribution in [-0.4, -0.2) is 48.7 Å². The van der Waals surface area contributed by atoms with Crippen molar-refractivity contribution in [3.05, 3.63) is 44.7 Å². The van der Waals surface area contributed by atoms with E-state index in [2.05, 4.69) is 15.3 Å². The highest BCUT2D eigenvalue weighted by molar-refractivity contribution is 7.90. The number of halogens is 1. The fourth-order valence-electron chi connectivity index (χ4n) is 3.62. The lowest BCUT2D eigenvalue weighted by Gasteiger charge is -2.44. The van der Waals surface area contributed by atoms with Crippen LogP contribution in [0, 0.1) is 6.92 Å². The molecule has 1 fully saturated rings. The van der Waals surface area contributed by atoms with Crippen molar-refractivity contribution in [2.24, 2.45) is 10.7 Å². The van der Waals surface area contributed by atoms with Gasteiger partial charge in [-0.25, -0.2) is 22.7 Å². The SMILES string of the molecule is Cc1cccc(NC(=O)c2cc(Cl)c([C@]34CCCOC3S(=O)(=O)N(C)C(N)=N4)s2)n1. The zero-order valence-electron chi connectivity index (χ0n) is 16.3. The van der Waals surface area contributed by atoms with E-state index in [0.29, 0.717) is 28.4 Å². The highest BCUT2D eigenvalue weighted by Crippen LogP contribution is 2.49. The molecule has 4 rings (SSSR count). The van der Waals surface area contributed by atoms with Crippen molar-refractivity contribution in [2.75, 3.05) is 19.0 Å². The summed E-state index contributed by atoms with van der Waals surface area (Å²) in [6, 6.07) is 6.79. The highest BCUT2D eigenvalue weighted by atomic mass is 35.5. The van der Waals surface area contributed by atoms with E-state index in [9.17, 15) is 13.2 Å². The Bertz CT molecular complexity index is 1150. The average molecular weight is 470 g/mol. The zero-order valence-corrected chi connectivity index (χ0v) is 18.6. The van der Waals surface area contributed by atoms with Crippen molar-refractivity contribution < 1.29 is 17.9 Å². The Hall–Kier alpha value is -2.21. The first-order valence-electron chi connectivity index (χ1n) is 9.14. The van der Waals surface area contributed by atoms with Gasteiger partial charge in [-0.05, 0) is 38.0 Å². The lowest BCUT2D eigenvalue weighted by molar-refractivity contribution is 0.00334. The van der Waals surface area contributed by atoms with Gasteiger partial charge in [0.1, 0.15) is 11.4 Å². The lowest BCUT2D eigenvalue weighted by atomic mass is 9.91. The number of hydrogen-bond donors (Lipinski definition) is 2. The van der Waals surface area contributed by atoms with Crippen LogP contribution < -0.4 is 11.1 Å². The smallest absolute Gasteiger partial charge is 0.267 e. The van der Waals surface area contributed by atoms with E-state index in [1.165, 1.54) is 13.1 Å². The van der Waals surface area contributed by atoms with E-state index in [1.54, 1.807) is 12.1 Å². The zero-order chi connectivity index (χ0) is 21.7. The molecule has 160 valence electrons. The molecule has 30 heavy (non-hydrogen) atoms. The molecule has 0 radical (unpaired) electrons. The Morgan fingerprint density at radius 1 is 1.47 bits per heavy atom. The summed E-state index contributed by atoms with van der Waals surface area (Å²) in [6.45, 7) is 2.10. The molecular formula is C18H20ClN5O4S2. The topological polar surface area (TPSA) is 127 Å². The van der Waals surface area contributed by atoms with Gasteiger partial charge >= 0.3 is 0 Å². The largest absolute Gasteiger partial charge is 0.369 e. The van der Waals surface area contributed by atoms with E-state index in [-0.39, 0.29) is 17.6 Å². The van der Waals surface area contributed by atoms with Crippen molar-refractivity contribution in [1.82, 2.24) is 9.29 Å². The van der Waals surface area contributed by atoms with Crippen LogP contribution in [0.25, 0.3) is 0 Å². The number of amides is 1. The first-order valence-corrected chi connectivity index (χ1v) is 11.8. The second kappa shape index (κ2) is 7.49. The van der Waals surface area contributed by atoms with Crippen molar-refractivity contribution >= 4 is 50.6 Å². The number of hydrogen-bond acceptors (Lipinski definition) is 8. The number of anilines is 1. The fourth-order valence-corrected chi connectivity index (χ4v) is 6.91. The Morgan fingerprint density at radius 3 is 2.97 bits per heavy atom. The molecule has 2 aromatic heterocycles. The molecule has 1 unspecified atom stereocenters. The number of pyridine rings is 1. The normalized spacial score (nSPS) is 25.4. The van der Waals surface area contributed by atoms with Crippen molar-refractivity contribution in [2.45, 2.75) is 30.7 Å². The van der Waals surface area contributed by atoms with Crippen LogP contribution >= 0.6 is 22.9 Å². The van der Waals surface area contributed by atoms with Crippen LogP contribution in [0.4, 0.5) is 5.82 Å². The molecule has 0 spiro atoms. The number of ether oxygens (including phenoxy) is 1. The average Bonchev–Trinajstić information content (AvgIpc) is 3.09. The number of aromatic nitrogens is 1. The van der Waals surface area contributed by atoms with Gasteiger partial charge < -0.3 is 15.8 Å². The van der Waals surface area contributed by atoms with Crippen LogP contribution in [0.5, 0.6) is 0 Å². The maximum absolute atomic E-state index is 13.0. The van der Waals surface area contributed by atoms with Gasteiger partial charge in [-0.3, -0.25) is 4.79 Å². The number of carbonyl (C=O) groups is 1. The van der Waals surface area contributed by atoms with E-state index < -0.39 is 26.9 Å². The van der Waals surface area contributed by atoms with Crippen molar-refractivity contribution in [3.8, 4) is 0 Å². The standard InChI is InChI=1S/C18H20ClN5O4S2/c1-10-5-3-6-13(21-10)22-15(25)12-9-11(19)14(29-12)18-7-4-8-28-16(18)30(26,27)24(2)17(20)23-18/h3,5-6,9,16H,4,7-8H2,1-2H3,(H2,20,23)(H,21,22,25)/t16?,18-/m1/s1. The quantitative estimate of drug-likeness (QED) is 0.709. The number of rotatable bonds is 3. The predicted molar refractivity (Wildman–Crippen MR) is 115 cm³/mol. The third kappa shape index (κ3) is 3.35. The minimum Gasteiger partial charge on any atom is -0.369 e. The van der Waals surface area contributed by atoms with Gasteiger partial charge in [0.05, 0.1) is 14.8 Å². The van der Waals surface area contributed by atoms with Crippen LogP contribution in [-0.2, 0) is 20.3 Å². The first-order chi connectivity index (χ1) is 14.1. The molecular weight excluding hydrogens is 450 g/mol. The Morgan fingerprint density at radius 2 is 2.23 bits per heavy atom. The summed E-state index contributed by atoms with van der Waals surface area (Å²) in [7, 11) is -2.57. The molecule has 12 heteroatoms. The van der Waals surface area contributed by atoms with Crippen LogP contribution in [0.1, 0.15) is 33.1 Å². The number of sulfonamides is 1. The number of aliphatic imine (C=N–C) groups is 1. The van der Waals surface area contributed by atoms with E-state index in [1.807, 2.05) is 13.0 Å². The third-order valence-electron chi connectivity index (χ3n) is 5.08. The maximum Gasteiger partial charge on any atom is 0.267 e. The molecule has 0 aromatic carbocycles. The Balaban J connectivity index is 1.75. The second-order valence-electron chi connectivity index (χ2n) is 7.12. The lowest BCUT2D eigenvalue weighted by Crippen LogP contribution is -2.59. The molecule has 3 N–H and O–H groups in total. The van der Waals surface area contributed by atoms with Gasteiger partial charge in [0.25, 0.3) is 15.9 Å². The van der Waals surface area contributed by atoms with Crippen LogP contribution in [0.15, 0.2) is 29.3 Å². The molecule has 9 nitrogen and oxygen atoms in total. The number of carbonyl (C=O) groups excluding carboxylic acids is 1. The van der Waals surface area contributed by atoms with E-state index >= 15 is 0 Å². The van der Waals surface area contributed by atoms with Crippen LogP contribution in [0.2, 0.25) is 5.02 Å². The molecule has 0 aliphatic carbocycles. The number of thiophene rings is 1. The summed E-state index contributed by atoms with van der Waals surface area (Å²) in [5, 5.41) is 2.97. The molecule has 2 aromatic rings. The van der Waals surface area contributed by atoms with Gasteiger partial charge in [0.15, 0.2) is 0 Å². The Labute approximate surface area is 183 Å². The molecule has 0 saturated carbocycles. The van der Waals surface area contributed by atoms with Crippen molar-refractivity contribution in [3.63, 3.8) is 0 Å². The highest BCUT2D eigenvalue weighted by Gasteiger charge is 2.57. The first kappa shape index (κ1) is 21.0. The minimum atomic E-state index is -3.91. The third-order valence-corrected chi connectivity index (χ3v) is 8.81. The molecule has 2 aliphatic rings. The molecule has 2 aliphatic heterocycles. The maximum atomic E-state index is 13.0. The van der Waals surface area contributed by atoms with Gasteiger partial charge in [-0.2, -0.15) is 0 Å². The second-order valence-corrected chi connectivity index (χ2v) is 10.6. The van der Waals surface area contributed by atoms with Gasteiger partial charge in [-0.15, -0.1) is 11.3 Å². The van der Waals surface area contributed by atoms with E-state index in [4.69, 9.17) is 22.1 Å². The predicted octanol–water partition coefficient (Wildman–Crippen LogP) is 2.28. The number of nitrogens with one attached hydrogen (secondary N) is 1. The summed E-state index contributed by atoms with van der Waals surface area (Å²) in [4.78, 5) is 22.3. The molecule has 1 saturated heterocycles. The van der Waals surface area contributed by atoms with Crippen LogP contribution in [0.3, 0.4) is 0 Å². The summed E-state index contributed by atoms with van der Waals surface area (Å²) in [5.41, 5.74) is 4.14. The van der Waals surface area contributed by atoms with Gasteiger partial charge in [0.2, 0.25) is 11.4 Å². The number of nitrogens with zero attached hydrogens (tertiary/aromatic N) is 3. The van der Waals surface area contributed by atoms with E-state index in [0.717, 1.165) is 21.3 Å². The molecule has 4 heterocycles. The molecule has 2 atom stereocenters. The monoisotopic (exact) mass is 469 g/mol. The number of guanidine groups is 1. The molecule has 1 amide bonds. The molecule has 0 bridgehead atoms. The van der Waals surface area contributed by atoms with Gasteiger partial charge in [0, 0.05) is 19.3 Å². The fraction of sp³-hybridized carbons (Fsp3) is 0.389. The summed E-state index contributed by atoms with van der Waals surface area (Å²) < 4.78 is 32.5. The number of nitrogens with two attached hydrogens (primary N) is 1. The van der Waals surface area contributed by atoms with Crippen molar-refractivity contribution in [1.29, 1.82) is 0 Å². The summed E-state index contributed by atoms with van der Waals surface area (Å²) in [6.07, 6.45) is 0.960. The number of aryl methyl sites for hydroxylation is 1. The summed E-state index contributed by atoms with van der Waals surface area (Å²) >= 11 is 7.56. The van der Waals surface area contributed by atoms with Gasteiger partial charge in [-0.1, -0.05) is 17.7 Å². The Kier molecular flexibility index (Phi) is 5.25. The minimum absolute atomic E-state index is 0.142. The summed E-state index contributed by atoms with van der Waals surface area (Å²) in [5.74, 6) is -0.132. The number of fused-ring (bicyclic) bond motifs is 1.